The Hall–Kier alpha value is 0.770. The lowest BCUT2D eigenvalue weighted by Crippen LogP contribution is -1.67. The molecule has 0 spiro atoms. The first-order valence-electron chi connectivity index (χ1n) is 1.15. The standard InChI is InChI=1S/CH3Cl2O2P/c2-6(3,5)1-4/h4H,1H2. The van der Waals surface area contributed by atoms with E-state index in [0.717, 1.165) is 0 Å². The molecule has 0 fully saturated rings. The van der Waals surface area contributed by atoms with E-state index in [4.69, 9.17) is 27.6 Å². The third-order valence-electron chi connectivity index (χ3n) is 0.165. The first-order valence-corrected chi connectivity index (χ1v) is 4.86. The predicted octanol–water partition coefficient (Wildman–Crippen LogP) is 1.61. The highest BCUT2D eigenvalue weighted by Crippen LogP contribution is 2.55. The Bertz CT molecular complexity index is 75.6. The minimum Gasteiger partial charge on any atom is -0.386 e. The van der Waals surface area contributed by atoms with E-state index < -0.39 is 12.2 Å². The molecule has 38 valence electrons. The van der Waals surface area contributed by atoms with Crippen LogP contribution in [-0.4, -0.2) is 11.5 Å². The SMILES string of the molecule is O=P(Cl)(Cl)CO. The molecule has 0 heterocycles. The van der Waals surface area contributed by atoms with Crippen LogP contribution in [0.1, 0.15) is 0 Å². The summed E-state index contributed by atoms with van der Waals surface area (Å²) >= 11 is 9.58. The zero-order valence-electron chi connectivity index (χ0n) is 2.77. The lowest BCUT2D eigenvalue weighted by Gasteiger charge is -1.88. The molecule has 0 aliphatic heterocycles. The molecule has 0 rings (SSSR count). The molecule has 0 saturated heterocycles. The Balaban J connectivity index is 3.48. The van der Waals surface area contributed by atoms with E-state index >= 15 is 0 Å². The number of aliphatic hydroxyl groups excluding tert-OH is 1. The number of hydrogen-bond donors (Lipinski definition) is 1. The van der Waals surface area contributed by atoms with E-state index in [-0.39, 0.29) is 0 Å². The van der Waals surface area contributed by atoms with E-state index in [1.54, 1.807) is 0 Å². The average molecular weight is 149 g/mol. The number of hydrogen-bond acceptors (Lipinski definition) is 2. The van der Waals surface area contributed by atoms with Crippen LogP contribution in [0.25, 0.3) is 0 Å². The molecule has 0 saturated carbocycles. The molecule has 0 aliphatic rings. The van der Waals surface area contributed by atoms with E-state index in [2.05, 4.69) is 0 Å². The van der Waals surface area contributed by atoms with Crippen LogP contribution in [0.3, 0.4) is 0 Å². The normalized spacial score (nSPS) is 11.8. The molecule has 0 bridgehead atoms. The van der Waals surface area contributed by atoms with E-state index in [1.165, 1.54) is 0 Å². The van der Waals surface area contributed by atoms with Crippen molar-refractivity contribution in [3.63, 3.8) is 0 Å². The summed E-state index contributed by atoms with van der Waals surface area (Å²) in [5.41, 5.74) is 0. The Morgan fingerprint density at radius 3 is 1.83 bits per heavy atom. The smallest absolute Gasteiger partial charge is 0.277 e. The summed E-state index contributed by atoms with van der Waals surface area (Å²) in [5, 5.41) is 7.88. The summed E-state index contributed by atoms with van der Waals surface area (Å²) in [6.45, 7) is 0. The summed E-state index contributed by atoms with van der Waals surface area (Å²) in [6.07, 6.45) is -0.643. The largest absolute Gasteiger partial charge is 0.386 e. The predicted molar refractivity (Wildman–Crippen MR) is 26.4 cm³/mol. The second-order valence-electron chi connectivity index (χ2n) is 0.711. The first-order chi connectivity index (χ1) is 2.56. The molecule has 0 atom stereocenters. The molecular formula is CH3Cl2O2P. The van der Waals surface area contributed by atoms with Crippen LogP contribution in [0.5, 0.6) is 0 Å². The fourth-order valence-corrected chi connectivity index (χ4v) is 0. The third kappa shape index (κ3) is 4.77. The highest BCUT2D eigenvalue weighted by molar-refractivity contribution is 8.08. The molecule has 0 unspecified atom stereocenters. The van der Waals surface area contributed by atoms with Gasteiger partial charge in [0, 0.05) is 0 Å². The monoisotopic (exact) mass is 148 g/mol. The van der Waals surface area contributed by atoms with Gasteiger partial charge in [-0.25, -0.2) is 0 Å². The Morgan fingerprint density at radius 2 is 1.83 bits per heavy atom. The van der Waals surface area contributed by atoms with Crippen molar-refractivity contribution >= 4 is 28.3 Å². The van der Waals surface area contributed by atoms with Gasteiger partial charge >= 0.3 is 0 Å². The molecule has 0 aliphatic carbocycles. The van der Waals surface area contributed by atoms with Crippen molar-refractivity contribution in [3.05, 3.63) is 0 Å². The van der Waals surface area contributed by atoms with Gasteiger partial charge in [-0.2, -0.15) is 0 Å². The van der Waals surface area contributed by atoms with Crippen LogP contribution < -0.4 is 0 Å². The summed E-state index contributed by atoms with van der Waals surface area (Å²) in [5.74, 6) is -3.15. The maximum atomic E-state index is 9.86. The van der Waals surface area contributed by atoms with Gasteiger partial charge < -0.3 is 5.11 Å². The highest BCUT2D eigenvalue weighted by Gasteiger charge is 2.08. The quantitative estimate of drug-likeness (QED) is 0.574. The minimum atomic E-state index is -3.15. The van der Waals surface area contributed by atoms with Gasteiger partial charge in [0.15, 0.2) is 0 Å². The molecule has 0 aromatic carbocycles. The maximum Gasteiger partial charge on any atom is 0.277 e. The fourth-order valence-electron chi connectivity index (χ4n) is 0. The Labute approximate surface area is 45.0 Å². The first kappa shape index (κ1) is 6.77. The van der Waals surface area contributed by atoms with Crippen LogP contribution in [-0.2, 0) is 4.57 Å². The molecule has 0 aromatic heterocycles. The molecule has 0 radical (unpaired) electrons. The van der Waals surface area contributed by atoms with E-state index in [9.17, 15) is 4.57 Å². The van der Waals surface area contributed by atoms with Gasteiger partial charge in [-0.1, -0.05) is 0 Å². The molecular weight excluding hydrogens is 146 g/mol. The van der Waals surface area contributed by atoms with Gasteiger partial charge in [-0.15, -0.1) is 0 Å². The molecule has 0 aromatic rings. The second-order valence-corrected chi connectivity index (χ2v) is 5.93. The van der Waals surface area contributed by atoms with Crippen molar-refractivity contribution in [1.82, 2.24) is 0 Å². The van der Waals surface area contributed by atoms with Crippen LogP contribution in [0.4, 0.5) is 0 Å². The molecule has 0 amide bonds. The van der Waals surface area contributed by atoms with Gasteiger partial charge in [-0.3, -0.25) is 4.57 Å². The summed E-state index contributed by atoms with van der Waals surface area (Å²) in [6, 6.07) is 0. The van der Waals surface area contributed by atoms with Gasteiger partial charge in [0.2, 0.25) is 0 Å². The fraction of sp³-hybridized carbons (Fsp3) is 1.00. The molecule has 6 heavy (non-hydrogen) atoms. The highest BCUT2D eigenvalue weighted by atomic mass is 35.9. The van der Waals surface area contributed by atoms with Crippen molar-refractivity contribution in [3.8, 4) is 0 Å². The number of aliphatic hydroxyl groups is 1. The van der Waals surface area contributed by atoms with Crippen LogP contribution in [0.15, 0.2) is 0 Å². The lowest BCUT2D eigenvalue weighted by atomic mass is 11.7. The van der Waals surface area contributed by atoms with Crippen molar-refractivity contribution in [1.29, 1.82) is 0 Å². The van der Waals surface area contributed by atoms with Gasteiger partial charge in [0.1, 0.15) is 6.35 Å². The zero-order chi connectivity index (χ0) is 5.21. The molecule has 2 nitrogen and oxygen atoms in total. The topological polar surface area (TPSA) is 37.3 Å². The van der Waals surface area contributed by atoms with Crippen molar-refractivity contribution in [2.75, 3.05) is 6.35 Å². The van der Waals surface area contributed by atoms with Crippen molar-refractivity contribution in [2.45, 2.75) is 0 Å². The average Bonchev–Trinajstić information content (AvgIpc) is 1.35. The van der Waals surface area contributed by atoms with Crippen LogP contribution >= 0.6 is 28.3 Å². The molecule has 1 N–H and O–H groups in total. The third-order valence-corrected chi connectivity index (χ3v) is 1.14. The maximum absolute atomic E-state index is 9.86. The van der Waals surface area contributed by atoms with E-state index in [1.807, 2.05) is 0 Å². The summed E-state index contributed by atoms with van der Waals surface area (Å²) in [4.78, 5) is 0. The summed E-state index contributed by atoms with van der Waals surface area (Å²) in [7, 11) is 0. The van der Waals surface area contributed by atoms with Crippen molar-refractivity contribution < 1.29 is 9.67 Å². The Morgan fingerprint density at radius 1 is 1.67 bits per heavy atom. The van der Waals surface area contributed by atoms with Gasteiger partial charge in [0.05, 0.1) is 0 Å². The summed E-state index contributed by atoms with van der Waals surface area (Å²) < 4.78 is 9.86. The number of halogens is 2. The minimum absolute atomic E-state index is 0.643. The lowest BCUT2D eigenvalue weighted by molar-refractivity contribution is 0.364. The molecule has 5 heteroatoms. The van der Waals surface area contributed by atoms with Crippen molar-refractivity contribution in [2.24, 2.45) is 0 Å². The van der Waals surface area contributed by atoms with Crippen LogP contribution in [0, 0.1) is 0 Å². The van der Waals surface area contributed by atoms with Gasteiger partial charge in [0.25, 0.3) is 5.85 Å². The zero-order valence-corrected chi connectivity index (χ0v) is 5.17. The number of rotatable bonds is 1. The van der Waals surface area contributed by atoms with E-state index in [0.29, 0.717) is 0 Å². The van der Waals surface area contributed by atoms with Crippen LogP contribution in [0.2, 0.25) is 0 Å². The van der Waals surface area contributed by atoms with Gasteiger partial charge in [-0.05, 0) is 22.5 Å². The Kier molecular flexibility index (Phi) is 2.45. The second kappa shape index (κ2) is 2.17.